The summed E-state index contributed by atoms with van der Waals surface area (Å²) in [7, 11) is 0. The van der Waals surface area contributed by atoms with Crippen molar-refractivity contribution in [3.05, 3.63) is 35.9 Å². The van der Waals surface area contributed by atoms with Crippen molar-refractivity contribution in [3.63, 3.8) is 0 Å². The standard InChI is InChI=1S/C26H35N7O10/c27-14(10-21(36)37)22(38)30-16(11-19(28)34)24(40)31-15(9-13-5-2-1-3-6-13)23(39)32-17(12-20(29)35)25(41)33-8-4-7-18(33)26(42)43/h1-3,5-6,14-18H,4,7-12,27H2,(H2,28,34)(H2,29,35)(H,30,38)(H,31,40)(H,32,39)(H,36,37)(H,42,43)/t14-,15-,16-,17-,18-/m0/s1. The number of carboxylic acid groups (broad SMARTS) is 2. The van der Waals surface area contributed by atoms with Crippen LogP contribution in [0.5, 0.6) is 0 Å². The van der Waals surface area contributed by atoms with Crippen molar-refractivity contribution in [3.8, 4) is 0 Å². The quantitative estimate of drug-likeness (QED) is 0.0907. The summed E-state index contributed by atoms with van der Waals surface area (Å²) in [6.07, 6.45) is -1.77. The summed E-state index contributed by atoms with van der Waals surface area (Å²) in [5, 5.41) is 25.2. The van der Waals surface area contributed by atoms with Crippen LogP contribution >= 0.6 is 0 Å². The summed E-state index contributed by atoms with van der Waals surface area (Å²) in [5.41, 5.74) is 16.6. The van der Waals surface area contributed by atoms with Gasteiger partial charge in [-0.3, -0.25) is 33.6 Å². The molecule has 1 aliphatic heterocycles. The molecule has 2 rings (SSSR count). The van der Waals surface area contributed by atoms with E-state index in [0.717, 1.165) is 4.90 Å². The fourth-order valence-corrected chi connectivity index (χ4v) is 4.46. The molecule has 0 saturated carbocycles. The highest BCUT2D eigenvalue weighted by molar-refractivity contribution is 5.98. The first kappa shape index (κ1) is 34.1. The van der Waals surface area contributed by atoms with Gasteiger partial charge in [-0.05, 0) is 18.4 Å². The van der Waals surface area contributed by atoms with E-state index in [-0.39, 0.29) is 19.4 Å². The number of rotatable bonds is 16. The van der Waals surface area contributed by atoms with Crippen molar-refractivity contribution in [2.24, 2.45) is 17.2 Å². The first-order valence-corrected chi connectivity index (χ1v) is 13.2. The Hall–Kier alpha value is -5.06. The van der Waals surface area contributed by atoms with Gasteiger partial charge in [0.1, 0.15) is 24.2 Å². The Morgan fingerprint density at radius 2 is 1.33 bits per heavy atom. The molecule has 1 saturated heterocycles. The van der Waals surface area contributed by atoms with Gasteiger partial charge in [0.15, 0.2) is 0 Å². The zero-order valence-corrected chi connectivity index (χ0v) is 23.1. The molecule has 0 aliphatic carbocycles. The van der Waals surface area contributed by atoms with Crippen molar-refractivity contribution in [2.45, 2.75) is 68.7 Å². The van der Waals surface area contributed by atoms with Gasteiger partial charge in [0.2, 0.25) is 35.4 Å². The molecule has 1 aromatic rings. The predicted octanol–water partition coefficient (Wildman–Crippen LogP) is -3.69. The summed E-state index contributed by atoms with van der Waals surface area (Å²) >= 11 is 0. The molecule has 1 heterocycles. The molecule has 17 heteroatoms. The number of nitrogens with zero attached hydrogens (tertiary/aromatic N) is 1. The van der Waals surface area contributed by atoms with Gasteiger partial charge in [-0.1, -0.05) is 30.3 Å². The van der Waals surface area contributed by atoms with Crippen LogP contribution in [-0.4, -0.2) is 99.2 Å². The van der Waals surface area contributed by atoms with Crippen LogP contribution < -0.4 is 33.2 Å². The van der Waals surface area contributed by atoms with Crippen molar-refractivity contribution >= 4 is 47.4 Å². The Bertz CT molecular complexity index is 1240. The van der Waals surface area contributed by atoms with E-state index in [1.54, 1.807) is 30.3 Å². The van der Waals surface area contributed by atoms with Crippen LogP contribution in [0, 0.1) is 0 Å². The van der Waals surface area contributed by atoms with Crippen LogP contribution in [0.3, 0.4) is 0 Å². The van der Waals surface area contributed by atoms with Gasteiger partial charge in [-0.2, -0.15) is 0 Å². The average molecular weight is 606 g/mol. The van der Waals surface area contributed by atoms with E-state index < -0.39 is 96.9 Å². The second-order valence-electron chi connectivity index (χ2n) is 9.95. The highest BCUT2D eigenvalue weighted by atomic mass is 16.4. The van der Waals surface area contributed by atoms with E-state index in [1.165, 1.54) is 0 Å². The van der Waals surface area contributed by atoms with Gasteiger partial charge in [0, 0.05) is 13.0 Å². The number of hydrogen-bond donors (Lipinski definition) is 8. The number of benzene rings is 1. The minimum atomic E-state index is -1.65. The van der Waals surface area contributed by atoms with Gasteiger partial charge in [-0.25, -0.2) is 4.79 Å². The first-order chi connectivity index (χ1) is 20.2. The Morgan fingerprint density at radius 3 is 1.88 bits per heavy atom. The number of primary amides is 2. The van der Waals surface area contributed by atoms with Crippen LogP contribution in [0.4, 0.5) is 0 Å². The molecule has 234 valence electrons. The third-order valence-corrected chi connectivity index (χ3v) is 6.53. The summed E-state index contributed by atoms with van der Waals surface area (Å²) in [6.45, 7) is 0.0730. The van der Waals surface area contributed by atoms with Gasteiger partial charge in [-0.15, -0.1) is 0 Å². The molecule has 5 atom stereocenters. The second-order valence-corrected chi connectivity index (χ2v) is 9.95. The molecular weight excluding hydrogens is 570 g/mol. The third kappa shape index (κ3) is 10.7. The lowest BCUT2D eigenvalue weighted by Gasteiger charge is -2.29. The van der Waals surface area contributed by atoms with Gasteiger partial charge in [0.05, 0.1) is 25.3 Å². The van der Waals surface area contributed by atoms with Crippen LogP contribution in [0.2, 0.25) is 0 Å². The molecule has 0 unspecified atom stereocenters. The molecule has 17 nitrogen and oxygen atoms in total. The summed E-state index contributed by atoms with van der Waals surface area (Å²) in [6, 6.07) is 0.890. The molecule has 6 amide bonds. The fraction of sp³-hybridized carbons (Fsp3) is 0.462. The zero-order chi connectivity index (χ0) is 32.3. The average Bonchev–Trinajstić information content (AvgIpc) is 3.41. The van der Waals surface area contributed by atoms with Crippen LogP contribution in [-0.2, 0) is 44.8 Å². The molecule has 0 radical (unpaired) electrons. The number of carbonyl (C=O) groups is 8. The SMILES string of the molecule is NC(=O)C[C@H](NC(=O)[C@@H](N)CC(=O)O)C(=O)N[C@@H](Cc1ccccc1)C(=O)N[C@@H](CC(N)=O)C(=O)N1CCC[C@H]1C(=O)O. The van der Waals surface area contributed by atoms with E-state index in [9.17, 15) is 43.5 Å². The largest absolute Gasteiger partial charge is 0.481 e. The number of carbonyl (C=O) groups excluding carboxylic acids is 6. The van der Waals surface area contributed by atoms with Crippen molar-refractivity contribution in [1.82, 2.24) is 20.9 Å². The zero-order valence-electron chi connectivity index (χ0n) is 23.1. The van der Waals surface area contributed by atoms with E-state index in [4.69, 9.17) is 22.3 Å². The van der Waals surface area contributed by atoms with Gasteiger partial charge >= 0.3 is 11.9 Å². The number of hydrogen-bond acceptors (Lipinski definition) is 9. The maximum absolute atomic E-state index is 13.5. The fourth-order valence-electron chi connectivity index (χ4n) is 4.46. The van der Waals surface area contributed by atoms with E-state index in [2.05, 4.69) is 16.0 Å². The number of nitrogens with one attached hydrogen (secondary N) is 3. The lowest BCUT2D eigenvalue weighted by molar-refractivity contribution is -0.149. The Labute approximate surface area is 245 Å². The Morgan fingerprint density at radius 1 is 0.791 bits per heavy atom. The third-order valence-electron chi connectivity index (χ3n) is 6.53. The van der Waals surface area contributed by atoms with E-state index in [0.29, 0.717) is 12.0 Å². The number of nitrogens with two attached hydrogens (primary N) is 3. The molecule has 0 spiro atoms. The number of carboxylic acids is 2. The number of amides is 6. The summed E-state index contributed by atoms with van der Waals surface area (Å²) in [5.74, 6) is -8.57. The molecular formula is C26H35N7O10. The molecule has 0 bridgehead atoms. The number of aliphatic carboxylic acids is 2. The Kier molecular flexibility index (Phi) is 12.6. The molecule has 1 aliphatic rings. The smallest absolute Gasteiger partial charge is 0.326 e. The van der Waals surface area contributed by atoms with Crippen molar-refractivity contribution in [1.29, 1.82) is 0 Å². The lowest BCUT2D eigenvalue weighted by atomic mass is 10.0. The normalized spacial score (nSPS) is 17.0. The van der Waals surface area contributed by atoms with Crippen molar-refractivity contribution < 1.29 is 48.6 Å². The molecule has 43 heavy (non-hydrogen) atoms. The summed E-state index contributed by atoms with van der Waals surface area (Å²) in [4.78, 5) is 99.2. The van der Waals surface area contributed by atoms with E-state index >= 15 is 0 Å². The first-order valence-electron chi connectivity index (χ1n) is 13.2. The summed E-state index contributed by atoms with van der Waals surface area (Å²) < 4.78 is 0. The molecule has 1 fully saturated rings. The highest BCUT2D eigenvalue weighted by Crippen LogP contribution is 2.19. The number of likely N-dealkylation sites (tertiary alicyclic amines) is 1. The second kappa shape index (κ2) is 15.8. The Balaban J connectivity index is 2.32. The van der Waals surface area contributed by atoms with E-state index in [1.807, 2.05) is 0 Å². The molecule has 11 N–H and O–H groups in total. The topological polar surface area (TPSA) is 294 Å². The monoisotopic (exact) mass is 605 g/mol. The molecule has 1 aromatic carbocycles. The minimum Gasteiger partial charge on any atom is -0.481 e. The highest BCUT2D eigenvalue weighted by Gasteiger charge is 2.39. The van der Waals surface area contributed by atoms with Crippen LogP contribution in [0.25, 0.3) is 0 Å². The maximum atomic E-state index is 13.5. The minimum absolute atomic E-state index is 0.0730. The van der Waals surface area contributed by atoms with Gasteiger partial charge in [0.25, 0.3) is 0 Å². The molecule has 0 aromatic heterocycles. The van der Waals surface area contributed by atoms with Crippen molar-refractivity contribution in [2.75, 3.05) is 6.54 Å². The predicted molar refractivity (Wildman–Crippen MR) is 146 cm³/mol. The van der Waals surface area contributed by atoms with Crippen LogP contribution in [0.15, 0.2) is 30.3 Å². The van der Waals surface area contributed by atoms with Gasteiger partial charge < -0.3 is 48.3 Å². The van der Waals surface area contributed by atoms with Crippen LogP contribution in [0.1, 0.15) is 37.7 Å². The maximum Gasteiger partial charge on any atom is 0.326 e. The lowest BCUT2D eigenvalue weighted by Crippen LogP contribution is -2.59.